The first-order chi connectivity index (χ1) is 12.5. The topological polar surface area (TPSA) is 57.2 Å². The van der Waals surface area contributed by atoms with Crippen LogP contribution >= 0.6 is 0 Å². The molecule has 2 aromatic rings. The van der Waals surface area contributed by atoms with Crippen LogP contribution in [0.15, 0.2) is 35.2 Å². The van der Waals surface area contributed by atoms with Crippen LogP contribution in [0.5, 0.6) is 0 Å². The number of fused-ring (bicyclic) bond motifs is 1. The van der Waals surface area contributed by atoms with Crippen LogP contribution in [-0.4, -0.2) is 13.0 Å². The van der Waals surface area contributed by atoms with E-state index in [0.717, 1.165) is 42.2 Å². The van der Waals surface area contributed by atoms with E-state index in [1.54, 1.807) is 0 Å². The van der Waals surface area contributed by atoms with Crippen LogP contribution < -0.4 is 29.6 Å². The van der Waals surface area contributed by atoms with Crippen LogP contribution in [0.2, 0.25) is 0 Å². The quantitative estimate of drug-likeness (QED) is 0.332. The van der Waals surface area contributed by atoms with Crippen LogP contribution in [-0.2, 0) is 23.0 Å². The summed E-state index contributed by atoms with van der Waals surface area (Å²) < 4.78 is 35.1. The van der Waals surface area contributed by atoms with Crippen molar-refractivity contribution in [2.24, 2.45) is 0 Å². The van der Waals surface area contributed by atoms with Gasteiger partial charge in [-0.2, -0.15) is 0 Å². The minimum atomic E-state index is -4.47. The summed E-state index contributed by atoms with van der Waals surface area (Å²) in [6.07, 6.45) is 11.2. The number of hydrogen-bond donors (Lipinski definition) is 0. The minimum absolute atomic E-state index is 0. The molecule has 0 amide bonds. The molecule has 0 aliphatic rings. The van der Waals surface area contributed by atoms with Crippen molar-refractivity contribution in [3.8, 4) is 0 Å². The van der Waals surface area contributed by atoms with Crippen molar-refractivity contribution < 1.29 is 42.5 Å². The van der Waals surface area contributed by atoms with Gasteiger partial charge in [0.1, 0.15) is 10.1 Å². The van der Waals surface area contributed by atoms with E-state index in [0.29, 0.717) is 5.39 Å². The van der Waals surface area contributed by atoms with Crippen molar-refractivity contribution >= 4 is 20.9 Å². The fourth-order valence-corrected chi connectivity index (χ4v) is 4.19. The van der Waals surface area contributed by atoms with Crippen LogP contribution in [0.4, 0.5) is 0 Å². The Kier molecular flexibility index (Phi) is 11.2. The molecule has 3 nitrogen and oxygen atoms in total. The molecule has 2 rings (SSSR count). The Bertz CT molecular complexity index is 816. The maximum atomic E-state index is 11.7. The van der Waals surface area contributed by atoms with E-state index < -0.39 is 10.1 Å². The first kappa shape index (κ1) is 24.6. The largest absolute Gasteiger partial charge is 1.00 e. The van der Waals surface area contributed by atoms with E-state index in [2.05, 4.69) is 19.9 Å². The van der Waals surface area contributed by atoms with Crippen LogP contribution in [0.3, 0.4) is 0 Å². The SMILES string of the molecule is CCCCCCc1ccc2c(CCCCCC)ccc(S(=O)(=O)[O-])c2c1.[Na+]. The molecule has 0 saturated heterocycles. The molecule has 0 unspecified atom stereocenters. The first-order valence-corrected chi connectivity index (χ1v) is 11.4. The van der Waals surface area contributed by atoms with Crippen molar-refractivity contribution in [2.75, 3.05) is 0 Å². The summed E-state index contributed by atoms with van der Waals surface area (Å²) in [5, 5.41) is 1.51. The third-order valence-corrected chi connectivity index (χ3v) is 5.91. The molecular formula is C22H31NaO3S. The zero-order chi connectivity index (χ0) is 19.0. The Balaban J connectivity index is 0.00000364. The molecule has 2 aromatic carbocycles. The van der Waals surface area contributed by atoms with Gasteiger partial charge in [-0.15, -0.1) is 0 Å². The van der Waals surface area contributed by atoms with Gasteiger partial charge >= 0.3 is 29.6 Å². The Morgan fingerprint density at radius 3 is 2.00 bits per heavy atom. The summed E-state index contributed by atoms with van der Waals surface area (Å²) >= 11 is 0. The molecule has 5 heteroatoms. The number of hydrogen-bond acceptors (Lipinski definition) is 3. The zero-order valence-corrected chi connectivity index (χ0v) is 19.9. The first-order valence-electron chi connectivity index (χ1n) is 9.97. The fraction of sp³-hybridized carbons (Fsp3) is 0.545. The molecule has 0 atom stereocenters. The summed E-state index contributed by atoms with van der Waals surface area (Å²) in [6.45, 7) is 4.37. The summed E-state index contributed by atoms with van der Waals surface area (Å²) in [5.74, 6) is 0. The van der Waals surface area contributed by atoms with Crippen molar-refractivity contribution in [1.29, 1.82) is 0 Å². The standard InChI is InChI=1S/C22H32O3S.Na/c1-3-5-7-9-11-18-13-15-20-19(12-10-8-6-4-2)14-16-22(21(20)17-18)26(23,24)25;/h13-17H,3-12H2,1-2H3,(H,23,24,25);/q;+1/p-1. The summed E-state index contributed by atoms with van der Waals surface area (Å²) in [6, 6.07) is 9.33. The molecule has 0 aliphatic heterocycles. The van der Waals surface area contributed by atoms with Gasteiger partial charge in [-0.25, -0.2) is 8.42 Å². The second-order valence-corrected chi connectivity index (χ2v) is 8.53. The molecule has 0 aliphatic carbocycles. The number of rotatable bonds is 11. The second kappa shape index (κ2) is 12.2. The molecule has 0 heterocycles. The smallest absolute Gasteiger partial charge is 0.744 e. The van der Waals surface area contributed by atoms with Crippen molar-refractivity contribution in [3.63, 3.8) is 0 Å². The normalized spacial score (nSPS) is 11.5. The molecule has 0 N–H and O–H groups in total. The maximum Gasteiger partial charge on any atom is 1.00 e. The molecule has 0 radical (unpaired) electrons. The Morgan fingerprint density at radius 2 is 1.41 bits per heavy atom. The van der Waals surface area contributed by atoms with E-state index in [1.165, 1.54) is 44.6 Å². The van der Waals surface area contributed by atoms with Gasteiger partial charge in [-0.3, -0.25) is 0 Å². The van der Waals surface area contributed by atoms with Crippen LogP contribution in [0.25, 0.3) is 10.8 Å². The fourth-order valence-electron chi connectivity index (χ4n) is 3.52. The zero-order valence-electron chi connectivity index (χ0n) is 17.1. The van der Waals surface area contributed by atoms with Gasteiger partial charge < -0.3 is 4.55 Å². The Labute approximate surface area is 187 Å². The monoisotopic (exact) mass is 398 g/mol. The van der Waals surface area contributed by atoms with Crippen molar-refractivity contribution in [1.82, 2.24) is 0 Å². The van der Waals surface area contributed by atoms with Gasteiger partial charge in [0.2, 0.25) is 0 Å². The molecule has 0 spiro atoms. The minimum Gasteiger partial charge on any atom is -0.744 e. The molecule has 144 valence electrons. The average Bonchev–Trinajstić information content (AvgIpc) is 2.61. The molecule has 0 bridgehead atoms. The van der Waals surface area contributed by atoms with E-state index in [-0.39, 0.29) is 34.5 Å². The van der Waals surface area contributed by atoms with Gasteiger partial charge in [0.05, 0.1) is 4.90 Å². The van der Waals surface area contributed by atoms with Gasteiger partial charge in [0, 0.05) is 0 Å². The van der Waals surface area contributed by atoms with E-state index in [9.17, 15) is 13.0 Å². The van der Waals surface area contributed by atoms with E-state index in [1.807, 2.05) is 18.2 Å². The van der Waals surface area contributed by atoms with Crippen LogP contribution in [0.1, 0.15) is 76.3 Å². The maximum absolute atomic E-state index is 11.7. The van der Waals surface area contributed by atoms with Crippen molar-refractivity contribution in [3.05, 3.63) is 41.5 Å². The summed E-state index contributed by atoms with van der Waals surface area (Å²) in [5.41, 5.74) is 2.25. The molecule has 0 aromatic heterocycles. The van der Waals surface area contributed by atoms with Crippen LogP contribution in [0, 0.1) is 0 Å². The Hall–Kier alpha value is -0.390. The van der Waals surface area contributed by atoms with Gasteiger partial charge in [0.15, 0.2) is 0 Å². The van der Waals surface area contributed by atoms with E-state index in [4.69, 9.17) is 0 Å². The third-order valence-electron chi connectivity index (χ3n) is 5.02. The van der Waals surface area contributed by atoms with Gasteiger partial charge in [-0.1, -0.05) is 70.6 Å². The number of benzene rings is 2. The summed E-state index contributed by atoms with van der Waals surface area (Å²) in [4.78, 5) is -0.0831. The molecular weight excluding hydrogens is 367 g/mol. The second-order valence-electron chi connectivity index (χ2n) is 7.18. The van der Waals surface area contributed by atoms with Gasteiger partial charge in [0.25, 0.3) is 0 Å². The Morgan fingerprint density at radius 1 is 0.778 bits per heavy atom. The van der Waals surface area contributed by atoms with Crippen molar-refractivity contribution in [2.45, 2.75) is 83.0 Å². The van der Waals surface area contributed by atoms with E-state index >= 15 is 0 Å². The molecule has 0 fully saturated rings. The molecule has 0 saturated carbocycles. The third kappa shape index (κ3) is 7.51. The number of aryl methyl sites for hydroxylation is 2. The average molecular weight is 399 g/mol. The summed E-state index contributed by atoms with van der Waals surface area (Å²) in [7, 11) is -4.47. The predicted octanol–water partition coefficient (Wildman–Crippen LogP) is 2.99. The van der Waals surface area contributed by atoms with Gasteiger partial charge in [-0.05, 0) is 59.7 Å². The molecule has 27 heavy (non-hydrogen) atoms. The number of unbranched alkanes of at least 4 members (excludes halogenated alkanes) is 6. The predicted molar refractivity (Wildman–Crippen MR) is 108 cm³/mol.